The lowest BCUT2D eigenvalue weighted by Gasteiger charge is -2.20. The van der Waals surface area contributed by atoms with E-state index in [-0.39, 0.29) is 11.4 Å². The minimum atomic E-state index is -0.369. The predicted molar refractivity (Wildman–Crippen MR) is 66.8 cm³/mol. The monoisotopic (exact) mass is 253 g/mol. The van der Waals surface area contributed by atoms with Crippen LogP contribution in [0.25, 0.3) is 0 Å². The highest BCUT2D eigenvalue weighted by molar-refractivity contribution is 6.30. The highest BCUT2D eigenvalue weighted by atomic mass is 35.5. The summed E-state index contributed by atoms with van der Waals surface area (Å²) in [5.41, 5.74) is 0.587. The second kappa shape index (κ2) is 5.07. The van der Waals surface area contributed by atoms with Crippen molar-refractivity contribution in [3.05, 3.63) is 34.9 Å². The summed E-state index contributed by atoms with van der Waals surface area (Å²) >= 11 is 5.78. The fourth-order valence-electron chi connectivity index (χ4n) is 1.89. The Labute approximate surface area is 106 Å². The van der Waals surface area contributed by atoms with E-state index in [1.165, 1.54) is 0 Å². The molecule has 1 aromatic rings. The lowest BCUT2D eigenvalue weighted by Crippen LogP contribution is -2.31. The van der Waals surface area contributed by atoms with Crippen molar-refractivity contribution < 1.29 is 9.53 Å². The third-order valence-corrected chi connectivity index (χ3v) is 3.40. The van der Waals surface area contributed by atoms with Gasteiger partial charge in [0.25, 0.3) is 0 Å². The average Bonchev–Trinajstić information content (AvgIpc) is 2.76. The van der Waals surface area contributed by atoms with Gasteiger partial charge in [0.15, 0.2) is 0 Å². The molecule has 0 radical (unpaired) electrons. The van der Waals surface area contributed by atoms with Crippen molar-refractivity contribution in [2.24, 2.45) is 5.41 Å². The van der Waals surface area contributed by atoms with Gasteiger partial charge < -0.3 is 10.1 Å². The molecule has 0 amide bonds. The molecule has 17 heavy (non-hydrogen) atoms. The summed E-state index contributed by atoms with van der Waals surface area (Å²) in [6.45, 7) is 3.84. The van der Waals surface area contributed by atoms with Crippen LogP contribution >= 0.6 is 11.6 Å². The second-order valence-corrected chi connectivity index (χ2v) is 5.13. The Hall–Kier alpha value is -1.06. The molecule has 1 fully saturated rings. The highest BCUT2D eigenvalue weighted by Crippen LogP contribution is 2.26. The Morgan fingerprint density at radius 2 is 2.18 bits per heavy atom. The largest absolute Gasteiger partial charge is 0.460 e. The molecule has 0 saturated carbocycles. The lowest BCUT2D eigenvalue weighted by atomic mass is 9.90. The zero-order chi connectivity index (χ0) is 12.3. The molecule has 1 heterocycles. The quantitative estimate of drug-likeness (QED) is 0.841. The molecule has 1 atom stereocenters. The third-order valence-electron chi connectivity index (χ3n) is 3.14. The molecule has 4 heteroatoms. The van der Waals surface area contributed by atoms with Gasteiger partial charge in [-0.2, -0.15) is 0 Å². The number of carbonyl (C=O) groups excluding carboxylic acids is 1. The van der Waals surface area contributed by atoms with Gasteiger partial charge >= 0.3 is 5.97 Å². The molecule has 3 nitrogen and oxygen atoms in total. The van der Waals surface area contributed by atoms with Gasteiger partial charge in [0, 0.05) is 11.6 Å². The van der Waals surface area contributed by atoms with Crippen molar-refractivity contribution in [2.75, 3.05) is 13.1 Å². The number of hydrogen-bond acceptors (Lipinski definition) is 3. The molecule has 0 aromatic heterocycles. The van der Waals surface area contributed by atoms with Crippen LogP contribution in [0.3, 0.4) is 0 Å². The molecule has 1 N–H and O–H groups in total. The van der Waals surface area contributed by atoms with E-state index in [2.05, 4.69) is 5.32 Å². The van der Waals surface area contributed by atoms with Crippen LogP contribution in [0.4, 0.5) is 0 Å². The Bertz CT molecular complexity index is 396. The molecular weight excluding hydrogens is 238 g/mol. The zero-order valence-corrected chi connectivity index (χ0v) is 10.6. The zero-order valence-electron chi connectivity index (χ0n) is 9.83. The molecule has 0 spiro atoms. The Morgan fingerprint density at radius 3 is 2.76 bits per heavy atom. The smallest absolute Gasteiger partial charge is 0.313 e. The van der Waals surface area contributed by atoms with E-state index >= 15 is 0 Å². The number of halogens is 1. The minimum absolute atomic E-state index is 0.127. The molecule has 2 rings (SSSR count). The number of esters is 1. The first kappa shape index (κ1) is 12.4. The first-order chi connectivity index (χ1) is 8.10. The fraction of sp³-hybridized carbons (Fsp3) is 0.462. The summed E-state index contributed by atoms with van der Waals surface area (Å²) in [7, 11) is 0. The van der Waals surface area contributed by atoms with Gasteiger partial charge in [0.05, 0.1) is 5.41 Å². The van der Waals surface area contributed by atoms with Crippen LogP contribution in [-0.4, -0.2) is 19.1 Å². The van der Waals surface area contributed by atoms with Crippen molar-refractivity contribution in [1.29, 1.82) is 0 Å². The predicted octanol–water partition coefficient (Wildman–Crippen LogP) is 2.38. The lowest BCUT2D eigenvalue weighted by molar-refractivity contribution is -0.155. The van der Waals surface area contributed by atoms with Crippen LogP contribution in [0, 0.1) is 5.41 Å². The SMILES string of the molecule is CC1(C(=O)OCc2ccc(Cl)cc2)CCNC1. The minimum Gasteiger partial charge on any atom is -0.460 e. The van der Waals surface area contributed by atoms with Crippen molar-refractivity contribution in [3.8, 4) is 0 Å². The van der Waals surface area contributed by atoms with E-state index < -0.39 is 0 Å². The number of rotatable bonds is 3. The molecule has 1 aliphatic rings. The van der Waals surface area contributed by atoms with E-state index in [0.717, 1.165) is 18.5 Å². The highest BCUT2D eigenvalue weighted by Gasteiger charge is 2.37. The average molecular weight is 254 g/mol. The Kier molecular flexibility index (Phi) is 3.69. The topological polar surface area (TPSA) is 38.3 Å². The van der Waals surface area contributed by atoms with Crippen molar-refractivity contribution in [2.45, 2.75) is 20.0 Å². The van der Waals surface area contributed by atoms with Crippen LogP contribution in [-0.2, 0) is 16.1 Å². The van der Waals surface area contributed by atoms with E-state index in [1.54, 1.807) is 12.1 Å². The van der Waals surface area contributed by atoms with Gasteiger partial charge in [-0.15, -0.1) is 0 Å². The van der Waals surface area contributed by atoms with E-state index in [9.17, 15) is 4.79 Å². The van der Waals surface area contributed by atoms with Gasteiger partial charge in [0.2, 0.25) is 0 Å². The van der Waals surface area contributed by atoms with Gasteiger partial charge in [-0.05, 0) is 37.6 Å². The molecule has 92 valence electrons. The number of ether oxygens (including phenoxy) is 1. The van der Waals surface area contributed by atoms with Gasteiger partial charge in [-0.3, -0.25) is 4.79 Å². The summed E-state index contributed by atoms with van der Waals surface area (Å²) in [5, 5.41) is 3.87. The van der Waals surface area contributed by atoms with E-state index in [0.29, 0.717) is 18.2 Å². The Morgan fingerprint density at radius 1 is 1.47 bits per heavy atom. The number of hydrogen-bond donors (Lipinski definition) is 1. The molecule has 1 aromatic carbocycles. The summed E-state index contributed by atoms with van der Waals surface area (Å²) in [6, 6.07) is 7.32. The summed E-state index contributed by atoms with van der Waals surface area (Å²) in [5.74, 6) is -0.127. The van der Waals surface area contributed by atoms with Crippen LogP contribution in [0.5, 0.6) is 0 Å². The molecule has 1 unspecified atom stereocenters. The second-order valence-electron chi connectivity index (χ2n) is 4.69. The summed E-state index contributed by atoms with van der Waals surface area (Å²) in [4.78, 5) is 11.9. The molecule has 0 bridgehead atoms. The Balaban J connectivity index is 1.89. The molecule has 1 aliphatic heterocycles. The van der Waals surface area contributed by atoms with Crippen molar-refractivity contribution >= 4 is 17.6 Å². The van der Waals surface area contributed by atoms with Crippen molar-refractivity contribution in [1.82, 2.24) is 5.32 Å². The van der Waals surface area contributed by atoms with Crippen LogP contribution < -0.4 is 5.32 Å². The number of carbonyl (C=O) groups is 1. The standard InChI is InChI=1S/C13H16ClNO2/c1-13(6-7-15-9-13)12(16)17-8-10-2-4-11(14)5-3-10/h2-5,15H,6-9H2,1H3. The summed E-state index contributed by atoms with van der Waals surface area (Å²) in [6.07, 6.45) is 0.840. The van der Waals surface area contributed by atoms with Crippen LogP contribution in [0.15, 0.2) is 24.3 Å². The maximum atomic E-state index is 11.9. The molecular formula is C13H16ClNO2. The maximum absolute atomic E-state index is 11.9. The fourth-order valence-corrected chi connectivity index (χ4v) is 2.02. The van der Waals surface area contributed by atoms with E-state index in [4.69, 9.17) is 16.3 Å². The number of benzene rings is 1. The van der Waals surface area contributed by atoms with E-state index in [1.807, 2.05) is 19.1 Å². The van der Waals surface area contributed by atoms with Crippen molar-refractivity contribution in [3.63, 3.8) is 0 Å². The first-order valence-corrected chi connectivity index (χ1v) is 6.10. The van der Waals surface area contributed by atoms with Gasteiger partial charge in [0.1, 0.15) is 6.61 Å². The van der Waals surface area contributed by atoms with Crippen LogP contribution in [0.2, 0.25) is 5.02 Å². The number of nitrogens with one attached hydrogen (secondary N) is 1. The van der Waals surface area contributed by atoms with Crippen LogP contribution in [0.1, 0.15) is 18.9 Å². The molecule has 0 aliphatic carbocycles. The first-order valence-electron chi connectivity index (χ1n) is 5.73. The maximum Gasteiger partial charge on any atom is 0.313 e. The molecule has 1 saturated heterocycles. The normalized spacial score (nSPS) is 23.6. The summed E-state index contributed by atoms with van der Waals surface area (Å²) < 4.78 is 5.33. The van der Waals surface area contributed by atoms with Gasteiger partial charge in [-0.1, -0.05) is 23.7 Å². The third kappa shape index (κ3) is 2.99. The van der Waals surface area contributed by atoms with Gasteiger partial charge in [-0.25, -0.2) is 0 Å².